The van der Waals surface area contributed by atoms with Crippen molar-refractivity contribution in [3.8, 4) is 11.5 Å². The van der Waals surface area contributed by atoms with Gasteiger partial charge in [-0.3, -0.25) is 0 Å². The molecule has 0 aromatic heterocycles. The molecule has 0 aliphatic heterocycles. The number of methoxy groups -OCH3 is 1. The van der Waals surface area contributed by atoms with Crippen molar-refractivity contribution in [2.75, 3.05) is 7.11 Å². The van der Waals surface area contributed by atoms with E-state index in [1.54, 1.807) is 19.2 Å². The second-order valence-electron chi connectivity index (χ2n) is 3.17. The molecule has 0 amide bonds. The van der Waals surface area contributed by atoms with Crippen molar-refractivity contribution < 1.29 is 9.84 Å². The zero-order valence-electron chi connectivity index (χ0n) is 7.08. The molecule has 64 valence electrons. The van der Waals surface area contributed by atoms with Crippen LogP contribution in [0.5, 0.6) is 11.5 Å². The smallest absolute Gasteiger partial charge is 0.126 e. The second-order valence-corrected chi connectivity index (χ2v) is 3.17. The summed E-state index contributed by atoms with van der Waals surface area (Å²) in [6, 6.07) is 5.42. The minimum Gasteiger partial charge on any atom is -0.508 e. The van der Waals surface area contributed by atoms with Crippen molar-refractivity contribution in [1.29, 1.82) is 0 Å². The van der Waals surface area contributed by atoms with Crippen LogP contribution in [0.25, 0.3) is 0 Å². The van der Waals surface area contributed by atoms with Crippen LogP contribution in [0.1, 0.15) is 24.3 Å². The van der Waals surface area contributed by atoms with Gasteiger partial charge in [0.25, 0.3) is 0 Å². The Labute approximate surface area is 71.8 Å². The number of hydrogen-bond acceptors (Lipinski definition) is 2. The molecule has 1 fully saturated rings. The third-order valence-electron chi connectivity index (χ3n) is 2.25. The van der Waals surface area contributed by atoms with Gasteiger partial charge in [-0.05, 0) is 30.9 Å². The molecular formula is C10H12O2. The highest BCUT2D eigenvalue weighted by atomic mass is 16.5. The first-order valence-corrected chi connectivity index (χ1v) is 4.19. The molecule has 1 N–H and O–H groups in total. The van der Waals surface area contributed by atoms with E-state index in [9.17, 15) is 5.11 Å². The summed E-state index contributed by atoms with van der Waals surface area (Å²) in [6.45, 7) is 0. The van der Waals surface area contributed by atoms with Crippen LogP contribution < -0.4 is 4.74 Å². The van der Waals surface area contributed by atoms with E-state index >= 15 is 0 Å². The monoisotopic (exact) mass is 164 g/mol. The van der Waals surface area contributed by atoms with E-state index in [0.717, 1.165) is 11.3 Å². The summed E-state index contributed by atoms with van der Waals surface area (Å²) < 4.78 is 5.17. The zero-order valence-corrected chi connectivity index (χ0v) is 7.08. The molecule has 0 radical (unpaired) electrons. The van der Waals surface area contributed by atoms with Crippen LogP contribution in [0.2, 0.25) is 0 Å². The van der Waals surface area contributed by atoms with Gasteiger partial charge in [-0.25, -0.2) is 0 Å². The van der Waals surface area contributed by atoms with E-state index in [-0.39, 0.29) is 0 Å². The van der Waals surface area contributed by atoms with Crippen molar-refractivity contribution in [2.24, 2.45) is 0 Å². The quantitative estimate of drug-likeness (QED) is 0.726. The molecule has 2 heteroatoms. The zero-order chi connectivity index (χ0) is 8.55. The van der Waals surface area contributed by atoms with Gasteiger partial charge in [0.05, 0.1) is 7.11 Å². The van der Waals surface area contributed by atoms with Gasteiger partial charge >= 0.3 is 0 Å². The molecule has 1 saturated carbocycles. The molecule has 0 unspecified atom stereocenters. The molecule has 0 atom stereocenters. The van der Waals surface area contributed by atoms with Gasteiger partial charge < -0.3 is 9.84 Å². The van der Waals surface area contributed by atoms with E-state index in [1.807, 2.05) is 6.07 Å². The molecule has 12 heavy (non-hydrogen) atoms. The SMILES string of the molecule is COc1cccc(O)c1C1CC1. The molecule has 1 aliphatic carbocycles. The van der Waals surface area contributed by atoms with Gasteiger partial charge in [-0.2, -0.15) is 0 Å². The number of benzene rings is 1. The Hall–Kier alpha value is -1.18. The van der Waals surface area contributed by atoms with E-state index in [2.05, 4.69) is 0 Å². The fraction of sp³-hybridized carbons (Fsp3) is 0.400. The third kappa shape index (κ3) is 1.13. The fourth-order valence-corrected chi connectivity index (χ4v) is 1.49. The Morgan fingerprint density at radius 1 is 1.42 bits per heavy atom. The summed E-state index contributed by atoms with van der Waals surface area (Å²) in [5.41, 5.74) is 0.986. The van der Waals surface area contributed by atoms with Crippen LogP contribution in [0, 0.1) is 0 Å². The van der Waals surface area contributed by atoms with Crippen molar-refractivity contribution in [3.63, 3.8) is 0 Å². The van der Waals surface area contributed by atoms with E-state index in [1.165, 1.54) is 12.8 Å². The van der Waals surface area contributed by atoms with Crippen LogP contribution in [0.15, 0.2) is 18.2 Å². The van der Waals surface area contributed by atoms with Crippen molar-refractivity contribution in [1.82, 2.24) is 0 Å². The maximum atomic E-state index is 9.55. The molecule has 1 aliphatic rings. The van der Waals surface area contributed by atoms with E-state index in [0.29, 0.717) is 11.7 Å². The maximum absolute atomic E-state index is 9.55. The van der Waals surface area contributed by atoms with Crippen LogP contribution in [0.4, 0.5) is 0 Å². The second kappa shape index (κ2) is 2.70. The van der Waals surface area contributed by atoms with Crippen LogP contribution in [-0.4, -0.2) is 12.2 Å². The van der Waals surface area contributed by atoms with Crippen molar-refractivity contribution in [3.05, 3.63) is 23.8 Å². The molecule has 1 aromatic carbocycles. The molecular weight excluding hydrogens is 152 g/mol. The number of rotatable bonds is 2. The Bertz CT molecular complexity index is 290. The number of aromatic hydroxyl groups is 1. The predicted molar refractivity (Wildman–Crippen MR) is 46.6 cm³/mol. The minimum atomic E-state index is 0.372. The van der Waals surface area contributed by atoms with Gasteiger partial charge in [0.1, 0.15) is 11.5 Å². The number of phenols is 1. The predicted octanol–water partition coefficient (Wildman–Crippen LogP) is 2.28. The number of phenolic OH excluding ortho intramolecular Hbond substituents is 1. The first-order valence-electron chi connectivity index (χ1n) is 4.19. The summed E-state index contributed by atoms with van der Waals surface area (Å²) >= 11 is 0. The van der Waals surface area contributed by atoms with Crippen LogP contribution in [-0.2, 0) is 0 Å². The van der Waals surface area contributed by atoms with Crippen LogP contribution in [0.3, 0.4) is 0 Å². The Morgan fingerprint density at radius 2 is 2.17 bits per heavy atom. The highest BCUT2D eigenvalue weighted by molar-refractivity contribution is 5.48. The lowest BCUT2D eigenvalue weighted by Gasteiger charge is -2.08. The minimum absolute atomic E-state index is 0.372. The third-order valence-corrected chi connectivity index (χ3v) is 2.25. The molecule has 0 heterocycles. The molecule has 0 bridgehead atoms. The molecule has 0 saturated heterocycles. The highest BCUT2D eigenvalue weighted by Crippen LogP contribution is 2.48. The highest BCUT2D eigenvalue weighted by Gasteiger charge is 2.29. The topological polar surface area (TPSA) is 29.5 Å². The van der Waals surface area contributed by atoms with Gasteiger partial charge in [-0.1, -0.05) is 6.07 Å². The van der Waals surface area contributed by atoms with Gasteiger partial charge in [0, 0.05) is 5.56 Å². The summed E-state index contributed by atoms with van der Waals surface area (Å²) in [6.07, 6.45) is 2.35. The Kier molecular flexibility index (Phi) is 1.68. The van der Waals surface area contributed by atoms with Crippen molar-refractivity contribution >= 4 is 0 Å². The normalized spacial score (nSPS) is 16.1. The Morgan fingerprint density at radius 3 is 2.75 bits per heavy atom. The van der Waals surface area contributed by atoms with Gasteiger partial charge in [0.2, 0.25) is 0 Å². The number of hydrogen-bond donors (Lipinski definition) is 1. The first-order chi connectivity index (χ1) is 5.83. The van der Waals surface area contributed by atoms with Crippen molar-refractivity contribution in [2.45, 2.75) is 18.8 Å². The fourth-order valence-electron chi connectivity index (χ4n) is 1.49. The number of ether oxygens (including phenoxy) is 1. The summed E-state index contributed by atoms with van der Waals surface area (Å²) in [5.74, 6) is 1.72. The van der Waals surface area contributed by atoms with E-state index < -0.39 is 0 Å². The summed E-state index contributed by atoms with van der Waals surface area (Å²) in [5, 5.41) is 9.55. The lowest BCUT2D eigenvalue weighted by Crippen LogP contribution is -1.89. The van der Waals surface area contributed by atoms with E-state index in [4.69, 9.17) is 4.74 Å². The molecule has 1 aromatic rings. The average molecular weight is 164 g/mol. The largest absolute Gasteiger partial charge is 0.508 e. The van der Waals surface area contributed by atoms with Crippen LogP contribution >= 0.6 is 0 Å². The lowest BCUT2D eigenvalue weighted by atomic mass is 10.1. The van der Waals surface area contributed by atoms with Gasteiger partial charge in [-0.15, -0.1) is 0 Å². The lowest BCUT2D eigenvalue weighted by molar-refractivity contribution is 0.400. The molecule has 2 rings (SSSR count). The average Bonchev–Trinajstić information content (AvgIpc) is 2.87. The first kappa shape index (κ1) is 7.47. The molecule has 0 spiro atoms. The summed E-state index contributed by atoms with van der Waals surface area (Å²) in [4.78, 5) is 0. The maximum Gasteiger partial charge on any atom is 0.126 e. The Balaban J connectivity index is 2.45. The van der Waals surface area contributed by atoms with Gasteiger partial charge in [0.15, 0.2) is 0 Å². The summed E-state index contributed by atoms with van der Waals surface area (Å²) in [7, 11) is 1.64. The molecule has 2 nitrogen and oxygen atoms in total. The standard InChI is InChI=1S/C10H12O2/c1-12-9-4-2-3-8(11)10(9)7-5-6-7/h2-4,7,11H,5-6H2,1H3.